The summed E-state index contributed by atoms with van der Waals surface area (Å²) < 4.78 is 5.47. The Morgan fingerprint density at radius 1 is 1.44 bits per heavy atom. The molecular weight excluding hydrogens is 226 g/mol. The van der Waals surface area contributed by atoms with Gasteiger partial charge in [0, 0.05) is 49.9 Å². The molecule has 1 saturated carbocycles. The van der Waals surface area contributed by atoms with Gasteiger partial charge in [0.2, 0.25) is 0 Å². The van der Waals surface area contributed by atoms with E-state index in [4.69, 9.17) is 4.74 Å². The fourth-order valence-electron chi connectivity index (χ4n) is 2.47. The predicted octanol–water partition coefficient (Wildman–Crippen LogP) is 1.56. The Kier molecular flexibility index (Phi) is 3.48. The van der Waals surface area contributed by atoms with Crippen LogP contribution in [0.5, 0.6) is 0 Å². The Morgan fingerprint density at radius 2 is 2.33 bits per heavy atom. The number of hydrogen-bond donors (Lipinski definition) is 1. The van der Waals surface area contributed by atoms with Gasteiger partial charge in [-0.25, -0.2) is 0 Å². The average molecular weight is 247 g/mol. The molecule has 1 aliphatic heterocycles. The molecule has 4 heteroatoms. The highest BCUT2D eigenvalue weighted by atomic mass is 16.5. The molecule has 1 aromatic heterocycles. The van der Waals surface area contributed by atoms with E-state index in [9.17, 15) is 0 Å². The zero-order valence-electron chi connectivity index (χ0n) is 10.9. The van der Waals surface area contributed by atoms with E-state index in [0.717, 1.165) is 32.2 Å². The number of rotatable bonds is 5. The molecule has 3 rings (SSSR count). The van der Waals surface area contributed by atoms with Crippen LogP contribution in [0.4, 0.5) is 5.69 Å². The third kappa shape index (κ3) is 2.65. The maximum Gasteiger partial charge on any atom is 0.0670 e. The van der Waals surface area contributed by atoms with Crippen molar-refractivity contribution in [2.24, 2.45) is 0 Å². The molecule has 0 bridgehead atoms. The molecule has 2 heterocycles. The van der Waals surface area contributed by atoms with Crippen LogP contribution in [0.2, 0.25) is 0 Å². The number of ether oxygens (including phenoxy) is 1. The summed E-state index contributed by atoms with van der Waals surface area (Å²) in [5.74, 6) is 0. The Labute approximate surface area is 108 Å². The van der Waals surface area contributed by atoms with Gasteiger partial charge in [-0.3, -0.25) is 4.98 Å². The average Bonchev–Trinajstić information content (AvgIpc) is 3.08. The van der Waals surface area contributed by atoms with Gasteiger partial charge in [0.25, 0.3) is 0 Å². The van der Waals surface area contributed by atoms with Gasteiger partial charge in [0.05, 0.1) is 12.6 Å². The number of nitrogens with zero attached hydrogens (tertiary/aromatic N) is 2. The Balaban J connectivity index is 1.71. The molecule has 0 spiro atoms. The summed E-state index contributed by atoms with van der Waals surface area (Å²) in [6, 6.07) is 3.35. The zero-order valence-corrected chi connectivity index (χ0v) is 10.9. The highest BCUT2D eigenvalue weighted by Gasteiger charge is 2.24. The third-order valence-electron chi connectivity index (χ3n) is 3.87. The van der Waals surface area contributed by atoms with Crippen molar-refractivity contribution in [1.29, 1.82) is 0 Å². The van der Waals surface area contributed by atoms with Crippen molar-refractivity contribution in [3.05, 3.63) is 24.0 Å². The number of nitrogens with one attached hydrogen (secondary N) is 1. The van der Waals surface area contributed by atoms with E-state index in [1.54, 1.807) is 0 Å². The van der Waals surface area contributed by atoms with Crippen molar-refractivity contribution >= 4 is 5.69 Å². The second-order valence-corrected chi connectivity index (χ2v) is 5.29. The molecule has 1 aromatic rings. The fourth-order valence-corrected chi connectivity index (χ4v) is 2.47. The van der Waals surface area contributed by atoms with Crippen LogP contribution in [0, 0.1) is 0 Å². The van der Waals surface area contributed by atoms with Crippen LogP contribution in [0.25, 0.3) is 0 Å². The van der Waals surface area contributed by atoms with Crippen LogP contribution in [0.3, 0.4) is 0 Å². The minimum Gasteiger partial charge on any atom is -0.379 e. The van der Waals surface area contributed by atoms with Crippen molar-refractivity contribution in [2.75, 3.05) is 25.2 Å². The van der Waals surface area contributed by atoms with Gasteiger partial charge in [-0.05, 0) is 25.3 Å². The van der Waals surface area contributed by atoms with Gasteiger partial charge in [-0.2, -0.15) is 0 Å². The number of hydrogen-bond acceptors (Lipinski definition) is 4. The second kappa shape index (κ2) is 5.24. The first-order chi connectivity index (χ1) is 8.84. The molecule has 0 amide bonds. The monoisotopic (exact) mass is 247 g/mol. The summed E-state index contributed by atoms with van der Waals surface area (Å²) >= 11 is 0. The smallest absolute Gasteiger partial charge is 0.0670 e. The summed E-state index contributed by atoms with van der Waals surface area (Å²) in [5, 5.41) is 3.56. The van der Waals surface area contributed by atoms with Crippen molar-refractivity contribution in [2.45, 2.75) is 37.9 Å². The maximum atomic E-state index is 5.47. The second-order valence-electron chi connectivity index (χ2n) is 5.29. The lowest BCUT2D eigenvalue weighted by molar-refractivity contribution is 0.193. The number of aromatic nitrogens is 1. The molecule has 0 radical (unpaired) electrons. The number of likely N-dealkylation sites (N-methyl/N-ethyl adjacent to an activating group) is 1. The van der Waals surface area contributed by atoms with E-state index in [-0.39, 0.29) is 0 Å². The molecule has 2 fully saturated rings. The van der Waals surface area contributed by atoms with Crippen LogP contribution in [-0.2, 0) is 11.3 Å². The predicted molar refractivity (Wildman–Crippen MR) is 71.7 cm³/mol. The Hall–Kier alpha value is -1.13. The van der Waals surface area contributed by atoms with Crippen LogP contribution in [0.15, 0.2) is 18.5 Å². The highest BCUT2D eigenvalue weighted by molar-refractivity contribution is 5.52. The first kappa shape index (κ1) is 11.9. The van der Waals surface area contributed by atoms with Gasteiger partial charge in [-0.15, -0.1) is 0 Å². The number of anilines is 1. The molecule has 98 valence electrons. The molecule has 2 aliphatic rings. The molecule has 0 aromatic carbocycles. The lowest BCUT2D eigenvalue weighted by Crippen LogP contribution is -2.33. The van der Waals surface area contributed by atoms with Gasteiger partial charge >= 0.3 is 0 Å². The molecule has 1 atom stereocenters. The van der Waals surface area contributed by atoms with E-state index < -0.39 is 0 Å². The van der Waals surface area contributed by atoms with Crippen molar-refractivity contribution in [3.8, 4) is 0 Å². The standard InChI is InChI=1S/C14H21N3O/c1-17(13-5-7-18-10-13)14-4-6-15-8-11(14)9-16-12-2-3-12/h4,6,8,12-13,16H,2-3,5,7,9-10H2,1H3. The van der Waals surface area contributed by atoms with E-state index in [2.05, 4.69) is 28.3 Å². The molecule has 1 N–H and O–H groups in total. The lowest BCUT2D eigenvalue weighted by Gasteiger charge is -2.27. The van der Waals surface area contributed by atoms with Crippen LogP contribution in [0.1, 0.15) is 24.8 Å². The minimum atomic E-state index is 0.507. The number of pyridine rings is 1. The molecular formula is C14H21N3O. The molecule has 18 heavy (non-hydrogen) atoms. The third-order valence-corrected chi connectivity index (χ3v) is 3.87. The molecule has 4 nitrogen and oxygen atoms in total. The summed E-state index contributed by atoms with van der Waals surface area (Å²) in [5.41, 5.74) is 2.58. The van der Waals surface area contributed by atoms with Gasteiger partial charge in [0.1, 0.15) is 0 Å². The Morgan fingerprint density at radius 3 is 3.06 bits per heavy atom. The van der Waals surface area contributed by atoms with Gasteiger partial charge in [-0.1, -0.05) is 0 Å². The van der Waals surface area contributed by atoms with Gasteiger partial charge in [0.15, 0.2) is 0 Å². The zero-order chi connectivity index (χ0) is 12.4. The maximum absolute atomic E-state index is 5.47. The summed E-state index contributed by atoms with van der Waals surface area (Å²) in [4.78, 5) is 6.60. The van der Waals surface area contributed by atoms with E-state index >= 15 is 0 Å². The van der Waals surface area contributed by atoms with Crippen molar-refractivity contribution in [3.63, 3.8) is 0 Å². The lowest BCUT2D eigenvalue weighted by atomic mass is 10.1. The molecule has 1 aliphatic carbocycles. The van der Waals surface area contributed by atoms with E-state index in [0.29, 0.717) is 6.04 Å². The SMILES string of the molecule is CN(c1ccncc1CNC1CC1)C1CCOC1. The topological polar surface area (TPSA) is 37.4 Å². The van der Waals surface area contributed by atoms with Crippen molar-refractivity contribution < 1.29 is 4.74 Å². The molecule has 1 saturated heterocycles. The quantitative estimate of drug-likeness (QED) is 0.857. The first-order valence-electron chi connectivity index (χ1n) is 6.81. The van der Waals surface area contributed by atoms with Crippen LogP contribution >= 0.6 is 0 Å². The largest absolute Gasteiger partial charge is 0.379 e. The van der Waals surface area contributed by atoms with E-state index in [1.165, 1.54) is 24.1 Å². The minimum absolute atomic E-state index is 0.507. The summed E-state index contributed by atoms with van der Waals surface area (Å²) in [6.07, 6.45) is 7.62. The van der Waals surface area contributed by atoms with Crippen LogP contribution < -0.4 is 10.2 Å². The molecule has 1 unspecified atom stereocenters. The first-order valence-corrected chi connectivity index (χ1v) is 6.81. The normalized spacial score (nSPS) is 23.3. The van der Waals surface area contributed by atoms with Crippen LogP contribution in [-0.4, -0.2) is 37.3 Å². The Bertz CT molecular complexity index is 400. The van der Waals surface area contributed by atoms with Gasteiger partial charge < -0.3 is 15.0 Å². The fraction of sp³-hybridized carbons (Fsp3) is 0.643. The highest BCUT2D eigenvalue weighted by Crippen LogP contribution is 2.25. The summed E-state index contributed by atoms with van der Waals surface area (Å²) in [7, 11) is 2.16. The van der Waals surface area contributed by atoms with E-state index in [1.807, 2.05) is 12.4 Å². The summed E-state index contributed by atoms with van der Waals surface area (Å²) in [6.45, 7) is 2.65. The van der Waals surface area contributed by atoms with Crippen molar-refractivity contribution in [1.82, 2.24) is 10.3 Å².